The lowest BCUT2D eigenvalue weighted by Crippen LogP contribution is -2.38. The monoisotopic (exact) mass is 234 g/mol. The summed E-state index contributed by atoms with van der Waals surface area (Å²) in [5.41, 5.74) is 0. The first kappa shape index (κ1) is 10.7. The fraction of sp³-hybridized carbons (Fsp3) is 0.750. The summed E-state index contributed by atoms with van der Waals surface area (Å²) >= 11 is 0.924. The second kappa shape index (κ2) is 4.80. The molecule has 4 nitrogen and oxygen atoms in total. The van der Waals surface area contributed by atoms with Gasteiger partial charge in [-0.25, -0.2) is 8.78 Å². The van der Waals surface area contributed by atoms with Gasteiger partial charge in [0.1, 0.15) is 0 Å². The summed E-state index contributed by atoms with van der Waals surface area (Å²) in [6.07, 6.45) is -0.392. The van der Waals surface area contributed by atoms with Crippen LogP contribution in [-0.2, 0) is 0 Å². The van der Waals surface area contributed by atoms with Crippen LogP contribution in [0.1, 0.15) is 24.3 Å². The lowest BCUT2D eigenvalue weighted by Gasteiger charge is -2.22. The first-order valence-corrected chi connectivity index (χ1v) is 5.66. The zero-order valence-electron chi connectivity index (χ0n) is 8.04. The van der Waals surface area contributed by atoms with Crippen molar-refractivity contribution in [2.75, 3.05) is 18.4 Å². The van der Waals surface area contributed by atoms with Gasteiger partial charge in [-0.15, -0.1) is 10.2 Å². The minimum Gasteiger partial charge on any atom is -0.356 e. The van der Waals surface area contributed by atoms with Crippen molar-refractivity contribution < 1.29 is 8.78 Å². The highest BCUT2D eigenvalue weighted by molar-refractivity contribution is 7.15. The summed E-state index contributed by atoms with van der Waals surface area (Å²) < 4.78 is 24.5. The average Bonchev–Trinajstić information content (AvgIpc) is 2.68. The first-order valence-electron chi connectivity index (χ1n) is 4.84. The van der Waals surface area contributed by atoms with E-state index >= 15 is 0 Å². The van der Waals surface area contributed by atoms with E-state index < -0.39 is 6.43 Å². The van der Waals surface area contributed by atoms with Crippen molar-refractivity contribution in [1.82, 2.24) is 15.5 Å². The van der Waals surface area contributed by atoms with Crippen LogP contribution < -0.4 is 10.6 Å². The molecule has 1 unspecified atom stereocenters. The Balaban J connectivity index is 1.91. The fourth-order valence-corrected chi connectivity index (χ4v) is 2.21. The van der Waals surface area contributed by atoms with Gasteiger partial charge in [0.2, 0.25) is 5.13 Å². The quantitative estimate of drug-likeness (QED) is 0.834. The van der Waals surface area contributed by atoms with Crippen LogP contribution in [0.5, 0.6) is 0 Å². The largest absolute Gasteiger partial charge is 0.356 e. The number of halogens is 2. The molecule has 7 heteroatoms. The highest BCUT2D eigenvalue weighted by Crippen LogP contribution is 2.25. The molecule has 84 valence electrons. The summed E-state index contributed by atoms with van der Waals surface area (Å²) in [4.78, 5) is 0. The predicted molar refractivity (Wildman–Crippen MR) is 54.4 cm³/mol. The van der Waals surface area contributed by atoms with E-state index in [1.165, 1.54) is 0 Å². The van der Waals surface area contributed by atoms with Crippen molar-refractivity contribution in [1.29, 1.82) is 0 Å². The van der Waals surface area contributed by atoms with Crippen molar-refractivity contribution >= 4 is 16.5 Å². The van der Waals surface area contributed by atoms with E-state index in [1.54, 1.807) is 0 Å². The summed E-state index contributed by atoms with van der Waals surface area (Å²) in [5.74, 6) is 0. The maximum atomic E-state index is 12.2. The van der Waals surface area contributed by atoms with Gasteiger partial charge in [-0.1, -0.05) is 11.3 Å². The van der Waals surface area contributed by atoms with E-state index in [4.69, 9.17) is 0 Å². The number of nitrogens with one attached hydrogen (secondary N) is 2. The molecule has 1 aliphatic rings. The van der Waals surface area contributed by atoms with Crippen molar-refractivity contribution in [2.45, 2.75) is 25.3 Å². The van der Waals surface area contributed by atoms with E-state index in [0.717, 1.165) is 37.3 Å². The summed E-state index contributed by atoms with van der Waals surface area (Å²) in [6, 6.07) is 0.275. The minimum atomic E-state index is -2.53. The third-order valence-corrected chi connectivity index (χ3v) is 3.11. The van der Waals surface area contributed by atoms with Gasteiger partial charge in [0.15, 0.2) is 5.01 Å². The van der Waals surface area contributed by atoms with E-state index in [9.17, 15) is 8.78 Å². The van der Waals surface area contributed by atoms with Gasteiger partial charge in [-0.3, -0.25) is 0 Å². The zero-order chi connectivity index (χ0) is 10.7. The van der Waals surface area contributed by atoms with Gasteiger partial charge in [-0.05, 0) is 19.4 Å². The Morgan fingerprint density at radius 1 is 1.47 bits per heavy atom. The van der Waals surface area contributed by atoms with Crippen LogP contribution >= 0.6 is 11.3 Å². The Bertz CT molecular complexity index is 311. The van der Waals surface area contributed by atoms with Crippen molar-refractivity contribution in [3.8, 4) is 0 Å². The molecule has 1 aromatic rings. The van der Waals surface area contributed by atoms with Gasteiger partial charge < -0.3 is 10.6 Å². The molecule has 0 saturated carbocycles. The van der Waals surface area contributed by atoms with Crippen LogP contribution in [0, 0.1) is 0 Å². The normalized spacial score (nSPS) is 21.9. The Morgan fingerprint density at radius 3 is 2.93 bits per heavy atom. The first-order chi connectivity index (χ1) is 7.25. The molecular formula is C8H12F2N4S. The van der Waals surface area contributed by atoms with Gasteiger partial charge in [-0.2, -0.15) is 0 Å². The summed E-state index contributed by atoms with van der Waals surface area (Å²) in [6.45, 7) is 1.88. The lowest BCUT2D eigenvalue weighted by molar-refractivity contribution is 0.150. The maximum absolute atomic E-state index is 12.2. The van der Waals surface area contributed by atoms with Gasteiger partial charge in [0.05, 0.1) is 0 Å². The van der Waals surface area contributed by atoms with Crippen LogP contribution in [0.15, 0.2) is 0 Å². The van der Waals surface area contributed by atoms with E-state index in [0.29, 0.717) is 5.13 Å². The Hall–Kier alpha value is -0.820. The average molecular weight is 234 g/mol. The second-order valence-corrected chi connectivity index (χ2v) is 4.44. The Labute approximate surface area is 90.1 Å². The zero-order valence-corrected chi connectivity index (χ0v) is 8.86. The molecule has 1 saturated heterocycles. The Kier molecular flexibility index (Phi) is 3.42. The highest BCUT2D eigenvalue weighted by atomic mass is 32.1. The number of alkyl halides is 2. The fourth-order valence-electron chi connectivity index (χ4n) is 1.53. The molecule has 0 bridgehead atoms. The highest BCUT2D eigenvalue weighted by Gasteiger charge is 2.17. The number of piperidine rings is 1. The summed E-state index contributed by atoms with van der Waals surface area (Å²) in [5, 5.41) is 13.7. The molecule has 0 spiro atoms. The van der Waals surface area contributed by atoms with Crippen LogP contribution in [0.3, 0.4) is 0 Å². The van der Waals surface area contributed by atoms with Gasteiger partial charge in [0.25, 0.3) is 6.43 Å². The molecule has 1 aromatic heterocycles. The summed E-state index contributed by atoms with van der Waals surface area (Å²) in [7, 11) is 0. The van der Waals surface area contributed by atoms with Crippen LogP contribution in [0.2, 0.25) is 0 Å². The van der Waals surface area contributed by atoms with Crippen LogP contribution in [-0.4, -0.2) is 29.3 Å². The minimum absolute atomic E-state index is 0.221. The molecule has 1 fully saturated rings. The number of anilines is 1. The number of hydrogen-bond acceptors (Lipinski definition) is 5. The topological polar surface area (TPSA) is 49.8 Å². The molecule has 1 atom stereocenters. The van der Waals surface area contributed by atoms with E-state index in [1.807, 2.05) is 0 Å². The predicted octanol–water partition coefficient (Wildman–Crippen LogP) is 1.64. The smallest absolute Gasteiger partial charge is 0.291 e. The molecule has 0 amide bonds. The van der Waals surface area contributed by atoms with Gasteiger partial charge in [0, 0.05) is 12.6 Å². The second-order valence-electron chi connectivity index (χ2n) is 3.43. The Morgan fingerprint density at radius 2 is 2.33 bits per heavy atom. The van der Waals surface area contributed by atoms with Crippen LogP contribution in [0.4, 0.5) is 13.9 Å². The number of rotatable bonds is 3. The number of nitrogens with zero attached hydrogens (tertiary/aromatic N) is 2. The molecule has 2 heterocycles. The van der Waals surface area contributed by atoms with Gasteiger partial charge >= 0.3 is 0 Å². The number of aromatic nitrogens is 2. The van der Waals surface area contributed by atoms with E-state index in [-0.39, 0.29) is 11.0 Å². The molecule has 1 aliphatic heterocycles. The molecular weight excluding hydrogens is 222 g/mol. The third kappa shape index (κ3) is 2.82. The maximum Gasteiger partial charge on any atom is 0.291 e. The molecule has 0 radical (unpaired) electrons. The molecule has 0 aromatic carbocycles. The standard InChI is InChI=1S/C8H12F2N4S/c9-6(10)7-13-14-8(15-7)12-5-2-1-3-11-4-5/h5-6,11H,1-4H2,(H,12,14). The van der Waals surface area contributed by atoms with Crippen molar-refractivity contribution in [2.24, 2.45) is 0 Å². The van der Waals surface area contributed by atoms with Crippen molar-refractivity contribution in [3.05, 3.63) is 5.01 Å². The molecule has 2 rings (SSSR count). The molecule has 15 heavy (non-hydrogen) atoms. The lowest BCUT2D eigenvalue weighted by atomic mass is 10.1. The SMILES string of the molecule is FC(F)c1nnc(NC2CCCNC2)s1. The molecule has 0 aliphatic carbocycles. The van der Waals surface area contributed by atoms with Crippen LogP contribution in [0.25, 0.3) is 0 Å². The van der Waals surface area contributed by atoms with E-state index in [2.05, 4.69) is 20.8 Å². The molecule has 2 N–H and O–H groups in total. The third-order valence-electron chi connectivity index (χ3n) is 2.25. The van der Waals surface area contributed by atoms with Crippen molar-refractivity contribution in [3.63, 3.8) is 0 Å². The number of hydrogen-bond donors (Lipinski definition) is 2.